The highest BCUT2D eigenvalue weighted by atomic mass is 16.6. The second-order valence-corrected chi connectivity index (χ2v) is 5.59. The first-order valence-electron chi connectivity index (χ1n) is 7.88. The molecular formula is C18H15N3O6. The molecule has 0 aliphatic rings. The van der Waals surface area contributed by atoms with Crippen LogP contribution in [-0.4, -0.2) is 20.1 Å². The predicted octanol–water partition coefficient (Wildman–Crippen LogP) is 2.34. The van der Waals surface area contributed by atoms with Crippen LogP contribution >= 0.6 is 0 Å². The third kappa shape index (κ3) is 3.93. The first kappa shape index (κ1) is 18.1. The molecule has 27 heavy (non-hydrogen) atoms. The minimum atomic E-state index is -0.959. The summed E-state index contributed by atoms with van der Waals surface area (Å²) in [5.41, 5.74) is -0.539. The van der Waals surface area contributed by atoms with Crippen molar-refractivity contribution in [3.63, 3.8) is 0 Å². The van der Waals surface area contributed by atoms with Crippen molar-refractivity contribution in [2.75, 3.05) is 5.32 Å². The average Bonchev–Trinajstić information content (AvgIpc) is 2.69. The molecule has 2 heterocycles. The van der Waals surface area contributed by atoms with Crippen molar-refractivity contribution in [2.45, 2.75) is 12.6 Å². The Morgan fingerprint density at radius 2 is 2.04 bits per heavy atom. The van der Waals surface area contributed by atoms with Crippen LogP contribution in [0.3, 0.4) is 0 Å². The Balaban J connectivity index is 2.16. The van der Waals surface area contributed by atoms with Crippen molar-refractivity contribution < 1.29 is 19.6 Å². The Bertz CT molecular complexity index is 1020. The van der Waals surface area contributed by atoms with Crippen molar-refractivity contribution in [1.29, 1.82) is 0 Å². The van der Waals surface area contributed by atoms with E-state index in [1.165, 1.54) is 24.4 Å². The zero-order valence-corrected chi connectivity index (χ0v) is 13.9. The molecule has 0 unspecified atom stereocenters. The highest BCUT2D eigenvalue weighted by molar-refractivity contribution is 5.47. The quantitative estimate of drug-likeness (QED) is 0.444. The van der Waals surface area contributed by atoms with Gasteiger partial charge in [0.05, 0.1) is 4.92 Å². The Morgan fingerprint density at radius 1 is 1.22 bits per heavy atom. The minimum Gasteiger partial charge on any atom is -0.502 e. The maximum absolute atomic E-state index is 12.0. The van der Waals surface area contributed by atoms with Gasteiger partial charge in [-0.25, -0.2) is 4.98 Å². The van der Waals surface area contributed by atoms with Crippen LogP contribution in [0.1, 0.15) is 23.1 Å². The molecule has 1 atom stereocenters. The topological polar surface area (TPSA) is 139 Å². The fourth-order valence-corrected chi connectivity index (χ4v) is 2.54. The van der Waals surface area contributed by atoms with Crippen LogP contribution in [0, 0.1) is 10.1 Å². The standard InChI is InChI=1S/C18H15N3O6/c22-10-13-9-14(23)17(24)18(27-13)16(20-15-6-1-2-7-19-15)11-4-3-5-12(8-11)21(25)26/h1-9,16,22,24H,10H2,(H,19,20)/t16-/m0/s1. The van der Waals surface area contributed by atoms with E-state index in [9.17, 15) is 25.1 Å². The first-order chi connectivity index (χ1) is 13.0. The van der Waals surface area contributed by atoms with Gasteiger partial charge in [-0.2, -0.15) is 0 Å². The number of benzene rings is 1. The number of aromatic nitrogens is 1. The predicted molar refractivity (Wildman–Crippen MR) is 95.4 cm³/mol. The van der Waals surface area contributed by atoms with Crippen LogP contribution < -0.4 is 10.7 Å². The molecule has 9 nitrogen and oxygen atoms in total. The van der Waals surface area contributed by atoms with Gasteiger partial charge in [-0.15, -0.1) is 0 Å². The molecule has 3 aromatic rings. The number of aliphatic hydroxyl groups excluding tert-OH is 1. The molecule has 0 saturated carbocycles. The summed E-state index contributed by atoms with van der Waals surface area (Å²) in [4.78, 5) is 26.7. The van der Waals surface area contributed by atoms with Crippen molar-refractivity contribution in [3.05, 3.63) is 92.1 Å². The molecule has 3 N–H and O–H groups in total. The van der Waals surface area contributed by atoms with Crippen molar-refractivity contribution in [3.8, 4) is 5.75 Å². The van der Waals surface area contributed by atoms with Crippen LogP contribution in [0.2, 0.25) is 0 Å². The third-order valence-corrected chi connectivity index (χ3v) is 3.79. The number of nitro benzene ring substituents is 1. The van der Waals surface area contributed by atoms with Crippen molar-refractivity contribution in [2.24, 2.45) is 0 Å². The normalized spacial score (nSPS) is 11.7. The maximum atomic E-state index is 12.0. The number of nitrogens with one attached hydrogen (secondary N) is 1. The van der Waals surface area contributed by atoms with Gasteiger partial charge in [0.15, 0.2) is 5.76 Å². The lowest BCUT2D eigenvalue weighted by atomic mass is 10.0. The lowest BCUT2D eigenvalue weighted by Crippen LogP contribution is -2.17. The van der Waals surface area contributed by atoms with Gasteiger partial charge in [-0.3, -0.25) is 14.9 Å². The number of nitrogens with zero attached hydrogens (tertiary/aromatic N) is 2. The monoisotopic (exact) mass is 369 g/mol. The average molecular weight is 369 g/mol. The van der Waals surface area contributed by atoms with E-state index in [1.807, 2.05) is 0 Å². The maximum Gasteiger partial charge on any atom is 0.269 e. The summed E-state index contributed by atoms with van der Waals surface area (Å²) < 4.78 is 5.47. The molecule has 138 valence electrons. The Hall–Kier alpha value is -3.72. The Kier molecular flexibility index (Phi) is 5.13. The Morgan fingerprint density at radius 3 is 2.70 bits per heavy atom. The molecule has 9 heteroatoms. The van der Waals surface area contributed by atoms with Crippen molar-refractivity contribution >= 4 is 11.5 Å². The molecule has 0 spiro atoms. The van der Waals surface area contributed by atoms with E-state index < -0.39 is 28.8 Å². The van der Waals surface area contributed by atoms with Crippen LogP contribution in [0.25, 0.3) is 0 Å². The molecule has 3 rings (SSSR count). The summed E-state index contributed by atoms with van der Waals surface area (Å²) in [7, 11) is 0. The van der Waals surface area contributed by atoms with Gasteiger partial charge in [0.2, 0.25) is 11.2 Å². The van der Waals surface area contributed by atoms with Gasteiger partial charge in [0, 0.05) is 24.4 Å². The summed E-state index contributed by atoms with van der Waals surface area (Å²) >= 11 is 0. The van der Waals surface area contributed by atoms with Crippen LogP contribution in [0.15, 0.2) is 63.9 Å². The number of anilines is 1. The van der Waals surface area contributed by atoms with E-state index in [0.29, 0.717) is 11.4 Å². The zero-order valence-electron chi connectivity index (χ0n) is 13.9. The van der Waals surface area contributed by atoms with Gasteiger partial charge < -0.3 is 19.9 Å². The molecule has 0 bridgehead atoms. The molecule has 0 saturated heterocycles. The van der Waals surface area contributed by atoms with Gasteiger partial charge in [0.1, 0.15) is 24.2 Å². The second kappa shape index (κ2) is 7.67. The van der Waals surface area contributed by atoms with E-state index in [4.69, 9.17) is 4.42 Å². The van der Waals surface area contributed by atoms with E-state index in [1.54, 1.807) is 24.3 Å². The smallest absolute Gasteiger partial charge is 0.269 e. The van der Waals surface area contributed by atoms with E-state index in [2.05, 4.69) is 10.3 Å². The fraction of sp³-hybridized carbons (Fsp3) is 0.111. The summed E-state index contributed by atoms with van der Waals surface area (Å²) in [5, 5.41) is 33.6. The molecule has 1 aromatic carbocycles. The molecule has 0 aliphatic carbocycles. The van der Waals surface area contributed by atoms with E-state index >= 15 is 0 Å². The van der Waals surface area contributed by atoms with E-state index in [-0.39, 0.29) is 17.2 Å². The number of aromatic hydroxyl groups is 1. The highest BCUT2D eigenvalue weighted by Gasteiger charge is 2.25. The molecule has 0 radical (unpaired) electrons. The second-order valence-electron chi connectivity index (χ2n) is 5.59. The fourth-order valence-electron chi connectivity index (χ4n) is 2.54. The molecule has 0 aliphatic heterocycles. The summed E-state index contributed by atoms with van der Waals surface area (Å²) in [6, 6.07) is 10.8. The van der Waals surface area contributed by atoms with Crippen LogP contribution in [0.4, 0.5) is 11.5 Å². The first-order valence-corrected chi connectivity index (χ1v) is 7.88. The molecule has 0 amide bonds. The number of rotatable bonds is 6. The number of hydrogen-bond donors (Lipinski definition) is 3. The lowest BCUT2D eigenvalue weighted by molar-refractivity contribution is -0.384. The SMILES string of the molecule is O=c1cc(CO)oc([C@@H](Nc2ccccn2)c2cccc([N+](=O)[O-])c2)c1O. The summed E-state index contributed by atoms with van der Waals surface area (Å²) in [5.74, 6) is -0.499. The largest absolute Gasteiger partial charge is 0.502 e. The number of aliphatic hydroxyl groups is 1. The van der Waals surface area contributed by atoms with Crippen LogP contribution in [-0.2, 0) is 6.61 Å². The van der Waals surface area contributed by atoms with Crippen molar-refractivity contribution in [1.82, 2.24) is 4.98 Å². The van der Waals surface area contributed by atoms with E-state index in [0.717, 1.165) is 6.07 Å². The Labute approximate surface area is 152 Å². The highest BCUT2D eigenvalue weighted by Crippen LogP contribution is 2.32. The van der Waals surface area contributed by atoms with Gasteiger partial charge >= 0.3 is 0 Å². The summed E-state index contributed by atoms with van der Waals surface area (Å²) in [6.45, 7) is -0.548. The number of pyridine rings is 1. The number of hydrogen-bond acceptors (Lipinski definition) is 8. The molecular weight excluding hydrogens is 354 g/mol. The molecule has 2 aromatic heterocycles. The summed E-state index contributed by atoms with van der Waals surface area (Å²) in [6.07, 6.45) is 1.53. The van der Waals surface area contributed by atoms with Gasteiger partial charge in [0.25, 0.3) is 5.69 Å². The van der Waals surface area contributed by atoms with Gasteiger partial charge in [-0.1, -0.05) is 18.2 Å². The molecule has 0 fully saturated rings. The third-order valence-electron chi connectivity index (χ3n) is 3.79. The zero-order chi connectivity index (χ0) is 19.4. The number of non-ortho nitro benzene ring substituents is 1. The lowest BCUT2D eigenvalue weighted by Gasteiger charge is -2.20. The van der Waals surface area contributed by atoms with Gasteiger partial charge in [-0.05, 0) is 17.7 Å². The minimum absolute atomic E-state index is 0.0500. The van der Waals surface area contributed by atoms with Crippen LogP contribution in [0.5, 0.6) is 5.75 Å². The number of nitro groups is 1.